The third kappa shape index (κ3) is 1.71. The van der Waals surface area contributed by atoms with Crippen LogP contribution in [0.3, 0.4) is 0 Å². The average Bonchev–Trinajstić information content (AvgIpc) is 3.07. The molecule has 0 amide bonds. The summed E-state index contributed by atoms with van der Waals surface area (Å²) in [6.07, 6.45) is 2.50. The summed E-state index contributed by atoms with van der Waals surface area (Å²) in [5.74, 6) is 1.26. The minimum absolute atomic E-state index is 0.621. The van der Waals surface area contributed by atoms with Crippen molar-refractivity contribution in [3.63, 3.8) is 0 Å². The quantitative estimate of drug-likeness (QED) is 0.828. The van der Waals surface area contributed by atoms with Crippen molar-refractivity contribution in [2.24, 2.45) is 0 Å². The number of rotatable bonds is 2. The molecule has 1 aliphatic rings. The standard InChI is InChI=1S/C14H17N3/c1-8-3-4-11(7-9(8)2)12-13(10-5-6-10)16-17-14(12)15/h3-4,7,10H,5-6H2,1-2H3,(H3,15,16,17). The monoisotopic (exact) mass is 227 g/mol. The van der Waals surface area contributed by atoms with E-state index < -0.39 is 0 Å². The van der Waals surface area contributed by atoms with Crippen molar-refractivity contribution in [3.8, 4) is 11.1 Å². The van der Waals surface area contributed by atoms with E-state index >= 15 is 0 Å². The van der Waals surface area contributed by atoms with Gasteiger partial charge in [0.05, 0.1) is 0 Å². The Kier molecular flexibility index (Phi) is 2.21. The Balaban J connectivity index is 2.13. The number of anilines is 1. The normalized spacial score (nSPS) is 15.2. The number of nitrogens with two attached hydrogens (primary N) is 1. The third-order valence-corrected chi connectivity index (χ3v) is 3.60. The second-order valence-electron chi connectivity index (χ2n) is 4.97. The molecule has 0 aliphatic heterocycles. The summed E-state index contributed by atoms with van der Waals surface area (Å²) in [6.45, 7) is 4.26. The molecule has 17 heavy (non-hydrogen) atoms. The molecule has 1 fully saturated rings. The summed E-state index contributed by atoms with van der Waals surface area (Å²) in [5.41, 5.74) is 12.1. The first-order valence-electron chi connectivity index (χ1n) is 6.08. The lowest BCUT2D eigenvalue weighted by atomic mass is 9.99. The molecular weight excluding hydrogens is 210 g/mol. The van der Waals surface area contributed by atoms with Crippen LogP contribution in [0.15, 0.2) is 18.2 Å². The number of aromatic nitrogens is 2. The molecule has 0 unspecified atom stereocenters. The Morgan fingerprint density at radius 3 is 2.65 bits per heavy atom. The van der Waals surface area contributed by atoms with Crippen LogP contribution in [-0.2, 0) is 0 Å². The van der Waals surface area contributed by atoms with Crippen LogP contribution in [-0.4, -0.2) is 10.2 Å². The molecule has 1 heterocycles. The van der Waals surface area contributed by atoms with E-state index in [2.05, 4.69) is 42.2 Å². The van der Waals surface area contributed by atoms with E-state index in [1.807, 2.05) is 0 Å². The maximum atomic E-state index is 5.98. The zero-order valence-corrected chi connectivity index (χ0v) is 10.2. The first-order valence-corrected chi connectivity index (χ1v) is 6.08. The zero-order valence-electron chi connectivity index (χ0n) is 10.2. The molecule has 0 radical (unpaired) electrons. The molecule has 1 aromatic heterocycles. The highest BCUT2D eigenvalue weighted by Gasteiger charge is 2.29. The van der Waals surface area contributed by atoms with E-state index in [4.69, 9.17) is 5.73 Å². The smallest absolute Gasteiger partial charge is 0.153 e. The van der Waals surface area contributed by atoms with Gasteiger partial charge in [-0.15, -0.1) is 0 Å². The van der Waals surface area contributed by atoms with Crippen molar-refractivity contribution in [1.82, 2.24) is 10.2 Å². The van der Waals surface area contributed by atoms with Crippen molar-refractivity contribution in [2.75, 3.05) is 5.73 Å². The highest BCUT2D eigenvalue weighted by molar-refractivity contribution is 5.77. The van der Waals surface area contributed by atoms with Gasteiger partial charge in [0.25, 0.3) is 0 Å². The molecule has 3 nitrogen and oxygen atoms in total. The molecule has 0 atom stereocenters. The lowest BCUT2D eigenvalue weighted by Crippen LogP contribution is -1.91. The summed E-state index contributed by atoms with van der Waals surface area (Å²) in [4.78, 5) is 0. The lowest BCUT2D eigenvalue weighted by Gasteiger charge is -2.06. The van der Waals surface area contributed by atoms with E-state index in [0.717, 1.165) is 5.56 Å². The Morgan fingerprint density at radius 2 is 2.00 bits per heavy atom. The van der Waals surface area contributed by atoms with E-state index in [0.29, 0.717) is 11.7 Å². The molecule has 88 valence electrons. The Hall–Kier alpha value is -1.77. The van der Waals surface area contributed by atoms with Crippen LogP contribution >= 0.6 is 0 Å². The molecule has 0 spiro atoms. The highest BCUT2D eigenvalue weighted by atomic mass is 15.2. The number of hydrogen-bond acceptors (Lipinski definition) is 2. The Morgan fingerprint density at radius 1 is 1.24 bits per heavy atom. The summed E-state index contributed by atoms with van der Waals surface area (Å²) in [5, 5.41) is 7.25. The van der Waals surface area contributed by atoms with Gasteiger partial charge in [-0.25, -0.2) is 0 Å². The number of nitrogen functional groups attached to an aromatic ring is 1. The predicted octanol–water partition coefficient (Wildman–Crippen LogP) is 3.15. The van der Waals surface area contributed by atoms with E-state index in [9.17, 15) is 0 Å². The van der Waals surface area contributed by atoms with Crippen molar-refractivity contribution in [2.45, 2.75) is 32.6 Å². The first kappa shape index (κ1) is 10.4. The molecule has 1 aliphatic carbocycles. The van der Waals surface area contributed by atoms with Gasteiger partial charge >= 0.3 is 0 Å². The van der Waals surface area contributed by atoms with Crippen LogP contribution in [0.25, 0.3) is 11.1 Å². The van der Waals surface area contributed by atoms with Gasteiger partial charge in [-0.3, -0.25) is 5.10 Å². The molecule has 1 aromatic carbocycles. The van der Waals surface area contributed by atoms with Crippen LogP contribution in [0.1, 0.15) is 35.6 Å². The van der Waals surface area contributed by atoms with Crippen LogP contribution in [0.5, 0.6) is 0 Å². The fourth-order valence-electron chi connectivity index (χ4n) is 2.24. The number of aromatic amines is 1. The minimum atomic E-state index is 0.621. The largest absolute Gasteiger partial charge is 0.382 e. The van der Waals surface area contributed by atoms with Gasteiger partial charge in [-0.2, -0.15) is 5.10 Å². The van der Waals surface area contributed by atoms with Gasteiger partial charge in [0.2, 0.25) is 0 Å². The molecule has 3 N–H and O–H groups in total. The van der Waals surface area contributed by atoms with Gasteiger partial charge in [-0.1, -0.05) is 18.2 Å². The Labute approximate surface area is 101 Å². The number of nitrogens with zero attached hydrogens (tertiary/aromatic N) is 1. The summed E-state index contributed by atoms with van der Waals surface area (Å²) in [6, 6.07) is 6.48. The highest BCUT2D eigenvalue weighted by Crippen LogP contribution is 2.45. The number of aryl methyl sites for hydroxylation is 2. The molecule has 0 bridgehead atoms. The van der Waals surface area contributed by atoms with E-state index in [-0.39, 0.29) is 0 Å². The fourth-order valence-corrected chi connectivity index (χ4v) is 2.24. The maximum Gasteiger partial charge on any atom is 0.153 e. The molecule has 3 rings (SSSR count). The number of hydrogen-bond donors (Lipinski definition) is 2. The number of nitrogens with one attached hydrogen (secondary N) is 1. The SMILES string of the molecule is Cc1ccc(-c2c(N)n[nH]c2C2CC2)cc1C. The molecule has 2 aromatic rings. The first-order chi connectivity index (χ1) is 8.16. The van der Waals surface area contributed by atoms with E-state index in [1.54, 1.807) is 0 Å². The maximum absolute atomic E-state index is 5.98. The van der Waals surface area contributed by atoms with Crippen LogP contribution in [0.4, 0.5) is 5.82 Å². The van der Waals surface area contributed by atoms with Crippen LogP contribution < -0.4 is 5.73 Å². The van der Waals surface area contributed by atoms with E-state index in [1.165, 1.54) is 35.2 Å². The molecular formula is C14H17N3. The third-order valence-electron chi connectivity index (χ3n) is 3.60. The minimum Gasteiger partial charge on any atom is -0.382 e. The van der Waals surface area contributed by atoms with Gasteiger partial charge in [0.15, 0.2) is 5.82 Å². The topological polar surface area (TPSA) is 54.7 Å². The molecule has 3 heteroatoms. The van der Waals surface area contributed by atoms with Gasteiger partial charge in [-0.05, 0) is 43.4 Å². The summed E-state index contributed by atoms with van der Waals surface area (Å²) in [7, 11) is 0. The predicted molar refractivity (Wildman–Crippen MR) is 69.9 cm³/mol. The molecule has 1 saturated carbocycles. The van der Waals surface area contributed by atoms with Crippen molar-refractivity contribution >= 4 is 5.82 Å². The number of H-pyrrole nitrogens is 1. The zero-order chi connectivity index (χ0) is 12.0. The summed E-state index contributed by atoms with van der Waals surface area (Å²) >= 11 is 0. The van der Waals surface area contributed by atoms with Crippen molar-refractivity contribution in [1.29, 1.82) is 0 Å². The summed E-state index contributed by atoms with van der Waals surface area (Å²) < 4.78 is 0. The second kappa shape index (κ2) is 3.62. The average molecular weight is 227 g/mol. The molecule has 0 saturated heterocycles. The van der Waals surface area contributed by atoms with Crippen molar-refractivity contribution in [3.05, 3.63) is 35.0 Å². The van der Waals surface area contributed by atoms with Crippen molar-refractivity contribution < 1.29 is 0 Å². The lowest BCUT2D eigenvalue weighted by molar-refractivity contribution is 0.969. The van der Waals surface area contributed by atoms with Crippen LogP contribution in [0.2, 0.25) is 0 Å². The van der Waals surface area contributed by atoms with Gasteiger partial charge in [0.1, 0.15) is 0 Å². The Bertz CT molecular complexity index is 565. The van der Waals surface area contributed by atoms with Crippen LogP contribution in [0, 0.1) is 13.8 Å². The fraction of sp³-hybridized carbons (Fsp3) is 0.357. The second-order valence-corrected chi connectivity index (χ2v) is 4.97. The number of benzene rings is 1. The van der Waals surface area contributed by atoms with Gasteiger partial charge < -0.3 is 5.73 Å². The van der Waals surface area contributed by atoms with Gasteiger partial charge in [0, 0.05) is 17.2 Å².